The van der Waals surface area contributed by atoms with Gasteiger partial charge in [-0.05, 0) is 31.0 Å². The zero-order valence-corrected chi connectivity index (χ0v) is 13.7. The number of carbonyl (C=O) groups excluding carboxylic acids is 1. The maximum Gasteiger partial charge on any atom is 0.259 e. The third kappa shape index (κ3) is 3.42. The number of rotatable bonds is 4. The van der Waals surface area contributed by atoms with Gasteiger partial charge in [0.25, 0.3) is 5.91 Å². The van der Waals surface area contributed by atoms with Crippen LogP contribution in [0.5, 0.6) is 0 Å². The van der Waals surface area contributed by atoms with E-state index in [9.17, 15) is 4.79 Å². The number of hydrogen-bond acceptors (Lipinski definition) is 5. The van der Waals surface area contributed by atoms with Gasteiger partial charge in [-0.1, -0.05) is 12.1 Å². The van der Waals surface area contributed by atoms with Crippen molar-refractivity contribution in [3.8, 4) is 0 Å². The van der Waals surface area contributed by atoms with Crippen LogP contribution in [-0.4, -0.2) is 52.0 Å². The molecule has 1 fully saturated rings. The summed E-state index contributed by atoms with van der Waals surface area (Å²) in [7, 11) is 0. The summed E-state index contributed by atoms with van der Waals surface area (Å²) >= 11 is 0. The standard InChI is InChI=1S/C17H22N4O2/c1-3-15-16(13(2)23-19-15)17(22)21-10-8-20(9-11-21)12-14-4-6-18-7-5-14/h4-7H,3,8-12H2,1-2H3. The van der Waals surface area contributed by atoms with Gasteiger partial charge in [-0.2, -0.15) is 0 Å². The molecule has 0 unspecified atom stereocenters. The van der Waals surface area contributed by atoms with Crippen molar-refractivity contribution in [2.24, 2.45) is 0 Å². The number of nitrogens with zero attached hydrogens (tertiary/aromatic N) is 4. The van der Waals surface area contributed by atoms with E-state index in [1.165, 1.54) is 5.56 Å². The Morgan fingerprint density at radius 3 is 2.57 bits per heavy atom. The van der Waals surface area contributed by atoms with Crippen molar-refractivity contribution in [2.75, 3.05) is 26.2 Å². The van der Waals surface area contributed by atoms with E-state index in [0.29, 0.717) is 17.7 Å². The van der Waals surface area contributed by atoms with Crippen LogP contribution in [0.2, 0.25) is 0 Å². The molecule has 3 heterocycles. The Balaban J connectivity index is 1.60. The molecule has 1 aliphatic rings. The van der Waals surface area contributed by atoms with Gasteiger partial charge in [0.05, 0.1) is 5.69 Å². The first kappa shape index (κ1) is 15.7. The highest BCUT2D eigenvalue weighted by Gasteiger charge is 2.27. The van der Waals surface area contributed by atoms with Crippen molar-refractivity contribution in [1.82, 2.24) is 19.9 Å². The highest BCUT2D eigenvalue weighted by molar-refractivity contribution is 5.96. The van der Waals surface area contributed by atoms with Crippen LogP contribution in [0.4, 0.5) is 0 Å². The first-order valence-electron chi connectivity index (χ1n) is 8.04. The number of pyridine rings is 1. The summed E-state index contributed by atoms with van der Waals surface area (Å²) < 4.78 is 5.18. The summed E-state index contributed by atoms with van der Waals surface area (Å²) in [5.41, 5.74) is 2.66. The minimum Gasteiger partial charge on any atom is -0.361 e. The molecule has 0 N–H and O–H groups in total. The van der Waals surface area contributed by atoms with Crippen LogP contribution in [0.3, 0.4) is 0 Å². The molecular formula is C17H22N4O2. The van der Waals surface area contributed by atoms with Crippen LogP contribution in [0.1, 0.15) is 34.3 Å². The molecule has 0 atom stereocenters. The molecule has 6 heteroatoms. The lowest BCUT2D eigenvalue weighted by Crippen LogP contribution is -2.48. The molecule has 2 aromatic rings. The van der Waals surface area contributed by atoms with Crippen LogP contribution < -0.4 is 0 Å². The Bertz CT molecular complexity index is 660. The first-order valence-corrected chi connectivity index (χ1v) is 8.04. The lowest BCUT2D eigenvalue weighted by Gasteiger charge is -2.34. The molecule has 1 saturated heterocycles. The average molecular weight is 314 g/mol. The fraction of sp³-hybridized carbons (Fsp3) is 0.471. The second kappa shape index (κ2) is 6.91. The van der Waals surface area contributed by atoms with Crippen molar-refractivity contribution in [2.45, 2.75) is 26.8 Å². The number of aryl methyl sites for hydroxylation is 2. The number of hydrogen-bond donors (Lipinski definition) is 0. The average Bonchev–Trinajstić information content (AvgIpc) is 2.96. The van der Waals surface area contributed by atoms with Crippen LogP contribution in [0.15, 0.2) is 29.0 Å². The molecule has 0 radical (unpaired) electrons. The van der Waals surface area contributed by atoms with Crippen molar-refractivity contribution in [1.29, 1.82) is 0 Å². The minimum absolute atomic E-state index is 0.0455. The Morgan fingerprint density at radius 1 is 1.22 bits per heavy atom. The SMILES string of the molecule is CCc1noc(C)c1C(=O)N1CCN(Cc2ccncc2)CC1. The maximum absolute atomic E-state index is 12.7. The number of amides is 1. The lowest BCUT2D eigenvalue weighted by molar-refractivity contribution is 0.0626. The van der Waals surface area contributed by atoms with E-state index in [1.807, 2.05) is 36.4 Å². The van der Waals surface area contributed by atoms with E-state index >= 15 is 0 Å². The molecule has 6 nitrogen and oxygen atoms in total. The third-order valence-corrected chi connectivity index (χ3v) is 4.30. The van der Waals surface area contributed by atoms with Crippen molar-refractivity contribution < 1.29 is 9.32 Å². The minimum atomic E-state index is 0.0455. The van der Waals surface area contributed by atoms with Crippen molar-refractivity contribution >= 4 is 5.91 Å². The highest BCUT2D eigenvalue weighted by Crippen LogP contribution is 2.18. The van der Waals surface area contributed by atoms with Gasteiger partial charge >= 0.3 is 0 Å². The third-order valence-electron chi connectivity index (χ3n) is 4.30. The first-order chi connectivity index (χ1) is 11.2. The summed E-state index contributed by atoms with van der Waals surface area (Å²) in [4.78, 5) is 21.0. The topological polar surface area (TPSA) is 62.5 Å². The predicted octanol–water partition coefficient (Wildman–Crippen LogP) is 1.90. The van der Waals surface area contributed by atoms with E-state index < -0.39 is 0 Å². The number of carbonyl (C=O) groups is 1. The van der Waals surface area contributed by atoms with E-state index in [2.05, 4.69) is 15.0 Å². The van der Waals surface area contributed by atoms with Gasteiger partial charge in [0, 0.05) is 45.1 Å². The van der Waals surface area contributed by atoms with Gasteiger partial charge in [0.2, 0.25) is 0 Å². The molecule has 23 heavy (non-hydrogen) atoms. The molecular weight excluding hydrogens is 292 g/mol. The van der Waals surface area contributed by atoms with Gasteiger partial charge in [0.1, 0.15) is 11.3 Å². The van der Waals surface area contributed by atoms with Crippen molar-refractivity contribution in [3.63, 3.8) is 0 Å². The molecule has 1 aliphatic heterocycles. The zero-order valence-electron chi connectivity index (χ0n) is 13.7. The normalized spacial score (nSPS) is 15.8. The molecule has 122 valence electrons. The molecule has 0 aromatic carbocycles. The van der Waals surface area contributed by atoms with Crippen LogP contribution >= 0.6 is 0 Å². The predicted molar refractivity (Wildman–Crippen MR) is 86.0 cm³/mol. The van der Waals surface area contributed by atoms with E-state index in [1.54, 1.807) is 6.92 Å². The Morgan fingerprint density at radius 2 is 1.91 bits per heavy atom. The Labute approximate surface area is 136 Å². The van der Waals surface area contributed by atoms with Crippen molar-refractivity contribution in [3.05, 3.63) is 47.1 Å². The second-order valence-corrected chi connectivity index (χ2v) is 5.84. The number of piperazine rings is 1. The molecule has 1 amide bonds. The van der Waals surface area contributed by atoms with Gasteiger partial charge in [-0.15, -0.1) is 0 Å². The molecule has 0 bridgehead atoms. The zero-order chi connectivity index (χ0) is 16.2. The maximum atomic E-state index is 12.7. The summed E-state index contributed by atoms with van der Waals surface area (Å²) in [6.45, 7) is 7.91. The Kier molecular flexibility index (Phi) is 4.71. The van der Waals surface area contributed by atoms with E-state index in [0.717, 1.165) is 38.4 Å². The van der Waals surface area contributed by atoms with Crippen LogP contribution in [0, 0.1) is 6.92 Å². The largest absolute Gasteiger partial charge is 0.361 e. The van der Waals surface area contributed by atoms with Gasteiger partial charge in [-0.3, -0.25) is 14.7 Å². The van der Waals surface area contributed by atoms with Gasteiger partial charge in [0.15, 0.2) is 0 Å². The summed E-state index contributed by atoms with van der Waals surface area (Å²) in [5, 5.41) is 3.98. The molecule has 0 saturated carbocycles. The summed E-state index contributed by atoms with van der Waals surface area (Å²) in [6.07, 6.45) is 4.34. The highest BCUT2D eigenvalue weighted by atomic mass is 16.5. The monoisotopic (exact) mass is 314 g/mol. The molecule has 0 spiro atoms. The summed E-state index contributed by atoms with van der Waals surface area (Å²) in [5.74, 6) is 0.662. The second-order valence-electron chi connectivity index (χ2n) is 5.84. The molecule has 2 aromatic heterocycles. The molecule has 0 aliphatic carbocycles. The fourth-order valence-corrected chi connectivity index (χ4v) is 2.95. The van der Waals surface area contributed by atoms with Gasteiger partial charge < -0.3 is 9.42 Å². The fourth-order valence-electron chi connectivity index (χ4n) is 2.95. The quantitative estimate of drug-likeness (QED) is 0.862. The van der Waals surface area contributed by atoms with E-state index in [4.69, 9.17) is 4.52 Å². The van der Waals surface area contributed by atoms with Crippen LogP contribution in [-0.2, 0) is 13.0 Å². The van der Waals surface area contributed by atoms with Gasteiger partial charge in [-0.25, -0.2) is 0 Å². The Hall–Kier alpha value is -2.21. The summed E-state index contributed by atoms with van der Waals surface area (Å²) in [6, 6.07) is 4.07. The molecule has 3 rings (SSSR count). The smallest absolute Gasteiger partial charge is 0.259 e. The van der Waals surface area contributed by atoms with Crippen LogP contribution in [0.25, 0.3) is 0 Å². The lowest BCUT2D eigenvalue weighted by atomic mass is 10.1. The van der Waals surface area contributed by atoms with E-state index in [-0.39, 0.29) is 5.91 Å². The number of aromatic nitrogens is 2.